The van der Waals surface area contributed by atoms with Crippen molar-refractivity contribution < 1.29 is 25.2 Å². The summed E-state index contributed by atoms with van der Waals surface area (Å²) < 4.78 is 0. The number of hydrogen-bond donors (Lipinski definition) is 4. The Morgan fingerprint density at radius 1 is 1.06 bits per heavy atom. The van der Waals surface area contributed by atoms with Gasteiger partial charge in [-0.1, -0.05) is 26.8 Å². The van der Waals surface area contributed by atoms with E-state index in [1.807, 2.05) is 6.08 Å². The maximum Gasteiger partial charge on any atom is 0.330 e. The molecule has 4 N–H and O–H groups in total. The minimum absolute atomic E-state index is 0.105. The Labute approximate surface area is 193 Å². The predicted molar refractivity (Wildman–Crippen MR) is 124 cm³/mol. The van der Waals surface area contributed by atoms with Gasteiger partial charge >= 0.3 is 5.97 Å². The molecule has 4 fully saturated rings. The van der Waals surface area contributed by atoms with E-state index in [2.05, 4.69) is 20.8 Å². The molecule has 5 nitrogen and oxygen atoms in total. The molecule has 0 heterocycles. The molecule has 0 aromatic carbocycles. The summed E-state index contributed by atoms with van der Waals surface area (Å²) in [5, 5.41) is 42.3. The summed E-state index contributed by atoms with van der Waals surface area (Å²) in [6.45, 7) is 8.55. The second kappa shape index (κ2) is 8.70. The van der Waals surface area contributed by atoms with Crippen molar-refractivity contribution in [2.45, 2.75) is 104 Å². The molecule has 3 unspecified atom stereocenters. The van der Waals surface area contributed by atoms with E-state index < -0.39 is 5.97 Å². The van der Waals surface area contributed by atoms with Crippen LogP contribution >= 0.6 is 0 Å². The van der Waals surface area contributed by atoms with Gasteiger partial charge in [-0.05, 0) is 111 Å². The third-order valence-electron chi connectivity index (χ3n) is 10.9. The summed E-state index contributed by atoms with van der Waals surface area (Å²) in [7, 11) is 0. The molecule has 32 heavy (non-hydrogen) atoms. The van der Waals surface area contributed by atoms with Gasteiger partial charge in [0.15, 0.2) is 0 Å². The highest BCUT2D eigenvalue weighted by molar-refractivity contribution is 5.85. The van der Waals surface area contributed by atoms with Crippen molar-refractivity contribution in [2.75, 3.05) is 0 Å². The maximum absolute atomic E-state index is 11.6. The van der Waals surface area contributed by atoms with Crippen LogP contribution in [-0.4, -0.2) is 44.7 Å². The highest BCUT2D eigenvalue weighted by Gasteiger charge is 2.65. The third kappa shape index (κ3) is 3.76. The quantitative estimate of drug-likeness (QED) is 0.468. The molecule has 4 aliphatic rings. The van der Waals surface area contributed by atoms with E-state index in [1.54, 1.807) is 6.92 Å². The first-order valence-electron chi connectivity index (χ1n) is 12.9. The van der Waals surface area contributed by atoms with Crippen LogP contribution in [0.25, 0.3) is 0 Å². The zero-order chi connectivity index (χ0) is 23.4. The van der Waals surface area contributed by atoms with E-state index in [4.69, 9.17) is 5.11 Å². The van der Waals surface area contributed by atoms with Crippen molar-refractivity contribution in [3.63, 3.8) is 0 Å². The lowest BCUT2D eigenvalue weighted by molar-refractivity contribution is -0.207. The first-order chi connectivity index (χ1) is 15.0. The largest absolute Gasteiger partial charge is 0.478 e. The van der Waals surface area contributed by atoms with Gasteiger partial charge < -0.3 is 20.4 Å². The summed E-state index contributed by atoms with van der Waals surface area (Å²) in [6.07, 6.45) is 8.88. The Morgan fingerprint density at radius 2 is 1.78 bits per heavy atom. The van der Waals surface area contributed by atoms with E-state index in [-0.39, 0.29) is 35.1 Å². The van der Waals surface area contributed by atoms with Crippen LogP contribution in [0.3, 0.4) is 0 Å². The number of aliphatic hydroxyl groups excluding tert-OH is 3. The van der Waals surface area contributed by atoms with E-state index >= 15 is 0 Å². The average molecular weight is 449 g/mol. The number of carboxylic acids is 1. The summed E-state index contributed by atoms with van der Waals surface area (Å²) in [6, 6.07) is 0. The van der Waals surface area contributed by atoms with Gasteiger partial charge in [0.05, 0.1) is 18.3 Å². The summed E-state index contributed by atoms with van der Waals surface area (Å²) >= 11 is 0. The first kappa shape index (κ1) is 24.2. The summed E-state index contributed by atoms with van der Waals surface area (Å²) in [5.41, 5.74) is 0.317. The molecule has 0 aromatic heterocycles. The monoisotopic (exact) mass is 448 g/mol. The number of aliphatic hydroxyl groups is 3. The zero-order valence-corrected chi connectivity index (χ0v) is 20.3. The lowest BCUT2D eigenvalue weighted by Gasteiger charge is -2.63. The molecule has 0 amide bonds. The number of fused-ring (bicyclic) bond motifs is 5. The number of aliphatic carboxylic acids is 1. The van der Waals surface area contributed by atoms with E-state index in [1.165, 1.54) is 0 Å². The highest BCUT2D eigenvalue weighted by atomic mass is 16.4. The molecule has 4 saturated carbocycles. The molecule has 5 heteroatoms. The minimum Gasteiger partial charge on any atom is -0.478 e. The lowest BCUT2D eigenvalue weighted by Crippen LogP contribution is -2.62. The number of allylic oxidation sites excluding steroid dienone is 1. The Bertz CT molecular complexity index is 748. The SMILES string of the molecule is C/C(=C\CC[C@@H](C)[C@H]1CCC2C3C(C[C@H](O)[C@@]21C)[C@@]1(C)CC[C@H](O)C[C@H]1C[C@H]3O)C(=O)O. The number of carbonyl (C=O) groups is 1. The van der Waals surface area contributed by atoms with E-state index in [0.717, 1.165) is 57.8 Å². The van der Waals surface area contributed by atoms with Crippen LogP contribution in [-0.2, 0) is 4.79 Å². The number of hydrogen-bond acceptors (Lipinski definition) is 4. The fraction of sp³-hybridized carbons (Fsp3) is 0.889. The summed E-state index contributed by atoms with van der Waals surface area (Å²) in [4.78, 5) is 11.1. The van der Waals surface area contributed by atoms with Gasteiger partial charge in [0.1, 0.15) is 0 Å². The minimum atomic E-state index is -0.854. The lowest BCUT2D eigenvalue weighted by atomic mass is 9.43. The fourth-order valence-corrected chi connectivity index (χ4v) is 8.98. The molecule has 0 bridgehead atoms. The Morgan fingerprint density at radius 3 is 2.47 bits per heavy atom. The standard InChI is InChI=1S/C27H44O5/c1-15(6-5-7-16(2)25(31)32)19-8-9-20-24-21(14-23(30)27(19,20)4)26(3)11-10-18(28)12-17(26)13-22(24)29/h7,15,17-24,28-30H,5-6,8-14H2,1-4H3,(H,31,32)/b16-7+/t15-,17+,18+,19-,20?,21?,22-,23+,24?,26+,27-/m1/s1. The van der Waals surface area contributed by atoms with Gasteiger partial charge in [-0.15, -0.1) is 0 Å². The molecule has 0 spiro atoms. The molecule has 0 aliphatic heterocycles. The van der Waals surface area contributed by atoms with Crippen LogP contribution in [0.15, 0.2) is 11.6 Å². The van der Waals surface area contributed by atoms with Crippen LogP contribution in [0, 0.1) is 46.3 Å². The van der Waals surface area contributed by atoms with Gasteiger partial charge in [0.2, 0.25) is 0 Å². The van der Waals surface area contributed by atoms with Crippen LogP contribution in [0.5, 0.6) is 0 Å². The van der Waals surface area contributed by atoms with Crippen LogP contribution < -0.4 is 0 Å². The molecule has 0 radical (unpaired) electrons. The normalized spacial score (nSPS) is 49.7. The third-order valence-corrected chi connectivity index (χ3v) is 10.9. The second-order valence-electron chi connectivity index (χ2n) is 12.3. The Balaban J connectivity index is 1.54. The van der Waals surface area contributed by atoms with E-state index in [9.17, 15) is 20.1 Å². The maximum atomic E-state index is 11.6. The van der Waals surface area contributed by atoms with Gasteiger partial charge in [-0.25, -0.2) is 4.79 Å². The van der Waals surface area contributed by atoms with Crippen LogP contribution in [0.1, 0.15) is 85.5 Å². The molecule has 0 saturated heterocycles. The topological polar surface area (TPSA) is 98.0 Å². The zero-order valence-electron chi connectivity index (χ0n) is 20.3. The highest BCUT2D eigenvalue weighted by Crippen LogP contribution is 2.68. The van der Waals surface area contributed by atoms with Crippen molar-refractivity contribution in [2.24, 2.45) is 46.3 Å². The van der Waals surface area contributed by atoms with Gasteiger partial charge in [0, 0.05) is 5.57 Å². The smallest absolute Gasteiger partial charge is 0.330 e. The number of rotatable bonds is 5. The van der Waals surface area contributed by atoms with Gasteiger partial charge in [-0.2, -0.15) is 0 Å². The Kier molecular flexibility index (Phi) is 6.59. The molecular weight excluding hydrogens is 404 g/mol. The van der Waals surface area contributed by atoms with Crippen molar-refractivity contribution in [3.8, 4) is 0 Å². The molecule has 4 aliphatic carbocycles. The molecule has 11 atom stereocenters. The Hall–Kier alpha value is -0.910. The molecule has 4 rings (SSSR count). The van der Waals surface area contributed by atoms with Crippen molar-refractivity contribution in [3.05, 3.63) is 11.6 Å². The van der Waals surface area contributed by atoms with E-state index in [0.29, 0.717) is 35.2 Å². The summed E-state index contributed by atoms with van der Waals surface area (Å²) in [5.74, 6) is 1.20. The molecule has 182 valence electrons. The van der Waals surface area contributed by atoms with Crippen LogP contribution in [0.2, 0.25) is 0 Å². The second-order valence-corrected chi connectivity index (χ2v) is 12.3. The van der Waals surface area contributed by atoms with Crippen molar-refractivity contribution >= 4 is 5.97 Å². The fourth-order valence-electron chi connectivity index (χ4n) is 8.98. The van der Waals surface area contributed by atoms with Crippen molar-refractivity contribution in [1.82, 2.24) is 0 Å². The predicted octanol–water partition coefficient (Wildman–Crippen LogP) is 4.40. The molecule has 0 aromatic rings. The van der Waals surface area contributed by atoms with Crippen molar-refractivity contribution in [1.29, 1.82) is 0 Å². The molecular formula is C27H44O5. The average Bonchev–Trinajstić information content (AvgIpc) is 3.08. The number of carboxylic acid groups (broad SMARTS) is 1. The van der Waals surface area contributed by atoms with Gasteiger partial charge in [-0.3, -0.25) is 0 Å². The van der Waals surface area contributed by atoms with Gasteiger partial charge in [0.25, 0.3) is 0 Å². The first-order valence-corrected chi connectivity index (χ1v) is 12.9. The van der Waals surface area contributed by atoms with Crippen LogP contribution in [0.4, 0.5) is 0 Å².